The van der Waals surface area contributed by atoms with Gasteiger partial charge in [-0.05, 0) is 62.8 Å². The molecule has 0 aromatic carbocycles. The van der Waals surface area contributed by atoms with Gasteiger partial charge in [0, 0.05) is 36.2 Å². The van der Waals surface area contributed by atoms with Crippen LogP contribution in [-0.4, -0.2) is 37.7 Å². The van der Waals surface area contributed by atoms with Crippen LogP contribution in [0.15, 0.2) is 11.1 Å². The molecule has 4 rings (SSSR count). The Hall–Kier alpha value is -0.910. The zero-order chi connectivity index (χ0) is 18.1. The van der Waals surface area contributed by atoms with Crippen LogP contribution in [0.2, 0.25) is 0 Å². The zero-order valence-corrected chi connectivity index (χ0v) is 17.3. The van der Waals surface area contributed by atoms with Crippen molar-refractivity contribution in [3.63, 3.8) is 0 Å². The minimum Gasteiger partial charge on any atom is -0.381 e. The van der Waals surface area contributed by atoms with E-state index in [2.05, 4.69) is 37.5 Å². The number of aliphatic imine (C=N–C) groups is 1. The molecule has 0 spiro atoms. The first-order chi connectivity index (χ1) is 12.5. The molecule has 144 valence electrons. The lowest BCUT2D eigenvalue weighted by Crippen LogP contribution is -2.39. The van der Waals surface area contributed by atoms with Crippen LogP contribution in [-0.2, 0) is 4.74 Å². The van der Waals surface area contributed by atoms with Gasteiger partial charge in [0.25, 0.3) is 0 Å². The van der Waals surface area contributed by atoms with Crippen molar-refractivity contribution >= 4 is 22.0 Å². The molecule has 2 aliphatic heterocycles. The fourth-order valence-corrected chi connectivity index (χ4v) is 5.76. The second-order valence-corrected chi connectivity index (χ2v) is 10.1. The number of fused-ring (bicyclic) bond motifs is 1. The summed E-state index contributed by atoms with van der Waals surface area (Å²) in [7, 11) is 0. The van der Waals surface area contributed by atoms with Crippen LogP contribution in [0.25, 0.3) is 0 Å². The lowest BCUT2D eigenvalue weighted by Gasteiger charge is -2.33. The predicted molar refractivity (Wildman–Crippen MR) is 111 cm³/mol. The highest BCUT2D eigenvalue weighted by Crippen LogP contribution is 2.46. The number of rotatable bonds is 4. The van der Waals surface area contributed by atoms with E-state index in [-0.39, 0.29) is 6.17 Å². The lowest BCUT2D eigenvalue weighted by molar-refractivity contribution is 0.0792. The Kier molecular flexibility index (Phi) is 5.40. The molecular weight excluding hydrogens is 342 g/mol. The molecule has 2 fully saturated rings. The number of nitrogens with one attached hydrogen (secondary N) is 2. The highest BCUT2D eigenvalue weighted by molar-refractivity contribution is 7.16. The SMILES string of the molecule is CC1N=C(CNC2CCOCC2)c2cc(C3CCC(C)(C)CC3)sc2N1. The summed E-state index contributed by atoms with van der Waals surface area (Å²) in [6, 6.07) is 3.01. The Bertz CT molecular complexity index is 650. The maximum atomic E-state index is 5.47. The summed E-state index contributed by atoms with van der Waals surface area (Å²) >= 11 is 1.97. The van der Waals surface area contributed by atoms with Crippen LogP contribution in [0.3, 0.4) is 0 Å². The Morgan fingerprint density at radius 1 is 1.23 bits per heavy atom. The highest BCUT2D eigenvalue weighted by atomic mass is 32.1. The van der Waals surface area contributed by atoms with Gasteiger partial charge in [-0.2, -0.15) is 0 Å². The first-order valence-electron chi connectivity index (χ1n) is 10.3. The Labute approximate surface area is 161 Å². The lowest BCUT2D eigenvalue weighted by atomic mass is 9.73. The molecule has 1 aromatic rings. The van der Waals surface area contributed by atoms with Crippen LogP contribution in [0.4, 0.5) is 5.00 Å². The Morgan fingerprint density at radius 3 is 2.69 bits per heavy atom. The van der Waals surface area contributed by atoms with Crippen molar-refractivity contribution in [2.45, 2.75) is 77.4 Å². The molecule has 5 heteroatoms. The van der Waals surface area contributed by atoms with Gasteiger partial charge in [0.2, 0.25) is 0 Å². The minimum atomic E-state index is 0.172. The van der Waals surface area contributed by atoms with Gasteiger partial charge < -0.3 is 15.4 Å². The van der Waals surface area contributed by atoms with Crippen LogP contribution < -0.4 is 10.6 Å². The van der Waals surface area contributed by atoms with E-state index in [1.807, 2.05) is 11.3 Å². The summed E-state index contributed by atoms with van der Waals surface area (Å²) < 4.78 is 5.47. The van der Waals surface area contributed by atoms with Gasteiger partial charge in [-0.15, -0.1) is 11.3 Å². The quantitative estimate of drug-likeness (QED) is 0.797. The number of nitrogens with zero attached hydrogens (tertiary/aromatic N) is 1. The van der Waals surface area contributed by atoms with Gasteiger partial charge in [0.15, 0.2) is 0 Å². The van der Waals surface area contributed by atoms with Crippen LogP contribution in [0, 0.1) is 5.41 Å². The zero-order valence-electron chi connectivity index (χ0n) is 16.4. The predicted octanol–water partition coefficient (Wildman–Crippen LogP) is 4.76. The van der Waals surface area contributed by atoms with Crippen LogP contribution in [0.1, 0.15) is 75.7 Å². The fourth-order valence-electron chi connectivity index (χ4n) is 4.43. The van der Waals surface area contributed by atoms with Crippen molar-refractivity contribution in [3.05, 3.63) is 16.5 Å². The number of thiophene rings is 1. The summed E-state index contributed by atoms with van der Waals surface area (Å²) in [5.41, 5.74) is 3.10. The smallest absolute Gasteiger partial charge is 0.116 e. The molecule has 26 heavy (non-hydrogen) atoms. The Morgan fingerprint density at radius 2 is 1.96 bits per heavy atom. The van der Waals surface area contributed by atoms with E-state index in [1.165, 1.54) is 42.0 Å². The highest BCUT2D eigenvalue weighted by Gasteiger charge is 2.30. The molecule has 3 heterocycles. The van der Waals surface area contributed by atoms with E-state index in [0.29, 0.717) is 11.5 Å². The van der Waals surface area contributed by atoms with E-state index >= 15 is 0 Å². The van der Waals surface area contributed by atoms with Crippen molar-refractivity contribution in [2.75, 3.05) is 25.1 Å². The van der Waals surface area contributed by atoms with E-state index < -0.39 is 0 Å². The maximum Gasteiger partial charge on any atom is 0.116 e. The molecule has 3 aliphatic rings. The number of hydrogen-bond donors (Lipinski definition) is 2. The third-order valence-electron chi connectivity index (χ3n) is 6.27. The van der Waals surface area contributed by atoms with E-state index in [4.69, 9.17) is 9.73 Å². The molecule has 0 bridgehead atoms. The molecule has 1 atom stereocenters. The Balaban J connectivity index is 1.45. The first kappa shape index (κ1) is 18.5. The summed E-state index contributed by atoms with van der Waals surface area (Å²) in [5.74, 6) is 0.737. The van der Waals surface area contributed by atoms with E-state index in [0.717, 1.165) is 38.5 Å². The molecule has 1 saturated carbocycles. The first-order valence-corrected chi connectivity index (χ1v) is 11.1. The van der Waals surface area contributed by atoms with Crippen molar-refractivity contribution in [2.24, 2.45) is 10.4 Å². The largest absolute Gasteiger partial charge is 0.381 e. The van der Waals surface area contributed by atoms with Crippen LogP contribution in [0.5, 0.6) is 0 Å². The molecule has 0 amide bonds. The van der Waals surface area contributed by atoms with Gasteiger partial charge >= 0.3 is 0 Å². The third kappa shape index (κ3) is 4.15. The average Bonchev–Trinajstić information content (AvgIpc) is 3.04. The molecule has 1 unspecified atom stereocenters. The monoisotopic (exact) mass is 375 g/mol. The molecule has 1 aromatic heterocycles. The van der Waals surface area contributed by atoms with Gasteiger partial charge in [0.1, 0.15) is 6.17 Å². The summed E-state index contributed by atoms with van der Waals surface area (Å²) in [6.45, 7) is 9.62. The average molecular weight is 376 g/mol. The van der Waals surface area contributed by atoms with Gasteiger partial charge in [-0.3, -0.25) is 4.99 Å². The standard InChI is InChI=1S/C21H33N3OS/c1-14-23-18(13-22-16-6-10-25-11-7-16)17-12-19(26-20(17)24-14)15-4-8-21(2,3)9-5-15/h12,14-16,22,24H,4-11,13H2,1-3H3. The number of ether oxygens (including phenoxy) is 1. The fraction of sp³-hybridized carbons (Fsp3) is 0.762. The summed E-state index contributed by atoms with van der Waals surface area (Å²) in [6.07, 6.45) is 7.74. The third-order valence-corrected chi connectivity index (χ3v) is 7.50. The topological polar surface area (TPSA) is 45.7 Å². The second-order valence-electron chi connectivity index (χ2n) is 8.99. The minimum absolute atomic E-state index is 0.172. The van der Waals surface area contributed by atoms with E-state index in [1.54, 1.807) is 4.88 Å². The summed E-state index contributed by atoms with van der Waals surface area (Å²) in [4.78, 5) is 6.47. The normalized spacial score (nSPS) is 26.9. The van der Waals surface area contributed by atoms with Gasteiger partial charge in [-0.1, -0.05) is 13.8 Å². The molecule has 0 radical (unpaired) electrons. The van der Waals surface area contributed by atoms with Crippen molar-refractivity contribution in [1.82, 2.24) is 5.32 Å². The molecule has 2 N–H and O–H groups in total. The summed E-state index contributed by atoms with van der Waals surface area (Å²) in [5, 5.41) is 8.63. The molecule has 4 nitrogen and oxygen atoms in total. The molecule has 1 aliphatic carbocycles. The van der Waals surface area contributed by atoms with E-state index in [9.17, 15) is 0 Å². The van der Waals surface area contributed by atoms with Gasteiger partial charge in [-0.25, -0.2) is 0 Å². The maximum absolute atomic E-state index is 5.47. The van der Waals surface area contributed by atoms with Crippen molar-refractivity contribution < 1.29 is 4.74 Å². The second kappa shape index (κ2) is 7.61. The number of anilines is 1. The molecule has 1 saturated heterocycles. The molecular formula is C21H33N3OS. The van der Waals surface area contributed by atoms with Crippen molar-refractivity contribution in [1.29, 1.82) is 0 Å². The van der Waals surface area contributed by atoms with Crippen LogP contribution >= 0.6 is 11.3 Å². The van der Waals surface area contributed by atoms with Crippen molar-refractivity contribution in [3.8, 4) is 0 Å². The number of hydrogen-bond acceptors (Lipinski definition) is 5. The van der Waals surface area contributed by atoms with Gasteiger partial charge in [0.05, 0.1) is 10.7 Å².